The van der Waals surface area contributed by atoms with Crippen LogP contribution in [0.5, 0.6) is 0 Å². The molecular formula is C25H22F4N4O2. The number of hydrogen-bond donors (Lipinski definition) is 0. The summed E-state index contributed by atoms with van der Waals surface area (Å²) in [7, 11) is 0. The first-order chi connectivity index (χ1) is 16.6. The summed E-state index contributed by atoms with van der Waals surface area (Å²) in [5.74, 6) is -1.08. The van der Waals surface area contributed by atoms with Gasteiger partial charge >= 0.3 is 6.18 Å². The van der Waals surface area contributed by atoms with Crippen LogP contribution < -0.4 is 5.56 Å². The molecule has 2 aromatic heterocycles. The third-order valence-corrected chi connectivity index (χ3v) is 5.70. The lowest BCUT2D eigenvalue weighted by Crippen LogP contribution is -2.36. The fourth-order valence-electron chi connectivity index (χ4n) is 4.04. The summed E-state index contributed by atoms with van der Waals surface area (Å²) in [6.45, 7) is 3.24. The predicted octanol–water partition coefficient (Wildman–Crippen LogP) is 4.70. The highest BCUT2D eigenvalue weighted by Crippen LogP contribution is 2.36. The number of likely N-dealkylation sites (N-methyl/N-ethyl adjacent to an activating group) is 1. The molecule has 0 aliphatic carbocycles. The van der Waals surface area contributed by atoms with Gasteiger partial charge in [-0.15, -0.1) is 0 Å². The Morgan fingerprint density at radius 2 is 1.77 bits per heavy atom. The molecule has 0 saturated carbocycles. The van der Waals surface area contributed by atoms with E-state index in [1.807, 2.05) is 30.3 Å². The molecule has 35 heavy (non-hydrogen) atoms. The number of amides is 1. The van der Waals surface area contributed by atoms with E-state index >= 15 is 0 Å². The number of benzene rings is 2. The van der Waals surface area contributed by atoms with Gasteiger partial charge in [0.05, 0.1) is 22.3 Å². The van der Waals surface area contributed by atoms with E-state index in [9.17, 15) is 27.2 Å². The lowest BCUT2D eigenvalue weighted by Gasteiger charge is -2.22. The summed E-state index contributed by atoms with van der Waals surface area (Å²) in [5.41, 5.74) is -1.40. The second-order valence-electron chi connectivity index (χ2n) is 8.05. The van der Waals surface area contributed by atoms with Crippen LogP contribution in [-0.2, 0) is 24.1 Å². The number of carbonyl (C=O) groups is 1. The smallest absolute Gasteiger partial charge is 0.337 e. The van der Waals surface area contributed by atoms with Crippen LogP contribution in [-0.4, -0.2) is 31.7 Å². The third kappa shape index (κ3) is 4.82. The van der Waals surface area contributed by atoms with Crippen LogP contribution in [0.4, 0.5) is 17.6 Å². The van der Waals surface area contributed by atoms with Crippen molar-refractivity contribution in [3.05, 3.63) is 93.7 Å². The lowest BCUT2D eigenvalue weighted by molar-refractivity contribution is -0.136. The van der Waals surface area contributed by atoms with Crippen molar-refractivity contribution in [1.82, 2.24) is 19.2 Å². The molecule has 6 nitrogen and oxygen atoms in total. The van der Waals surface area contributed by atoms with Crippen molar-refractivity contribution in [1.29, 1.82) is 0 Å². The molecule has 0 spiro atoms. The number of aromatic nitrogens is 3. The number of rotatable bonds is 6. The van der Waals surface area contributed by atoms with Gasteiger partial charge in [0.15, 0.2) is 0 Å². The monoisotopic (exact) mass is 486 g/mol. The van der Waals surface area contributed by atoms with E-state index < -0.39 is 35.6 Å². The molecule has 10 heteroatoms. The van der Waals surface area contributed by atoms with Gasteiger partial charge in [-0.1, -0.05) is 36.4 Å². The number of aryl methyl sites for hydroxylation is 1. The highest BCUT2D eigenvalue weighted by atomic mass is 19.4. The molecule has 1 amide bonds. The van der Waals surface area contributed by atoms with E-state index in [1.165, 1.54) is 30.0 Å². The number of pyridine rings is 1. The van der Waals surface area contributed by atoms with E-state index in [0.29, 0.717) is 12.6 Å². The van der Waals surface area contributed by atoms with Crippen LogP contribution in [0.15, 0.2) is 65.5 Å². The first kappa shape index (κ1) is 24.2. The van der Waals surface area contributed by atoms with E-state index in [4.69, 9.17) is 0 Å². The van der Waals surface area contributed by atoms with Gasteiger partial charge < -0.3 is 4.90 Å². The Morgan fingerprint density at radius 1 is 1.06 bits per heavy atom. The summed E-state index contributed by atoms with van der Waals surface area (Å²) in [4.78, 5) is 27.6. The van der Waals surface area contributed by atoms with Gasteiger partial charge in [0, 0.05) is 19.2 Å². The molecule has 0 saturated heterocycles. The molecule has 2 aromatic carbocycles. The lowest BCUT2D eigenvalue weighted by atomic mass is 10.1. The molecule has 0 aliphatic rings. The quantitative estimate of drug-likeness (QED) is 0.371. The molecular weight excluding hydrogens is 464 g/mol. The molecule has 0 radical (unpaired) electrons. The maximum atomic E-state index is 13.9. The zero-order valence-electron chi connectivity index (χ0n) is 19.0. The highest BCUT2D eigenvalue weighted by Gasteiger charge is 2.36. The summed E-state index contributed by atoms with van der Waals surface area (Å²) < 4.78 is 57.5. The van der Waals surface area contributed by atoms with Crippen molar-refractivity contribution in [2.45, 2.75) is 33.1 Å². The molecule has 0 aliphatic heterocycles. The van der Waals surface area contributed by atoms with Gasteiger partial charge in [-0.2, -0.15) is 18.3 Å². The topological polar surface area (TPSA) is 60.1 Å². The molecule has 0 atom stereocenters. The van der Waals surface area contributed by atoms with Crippen molar-refractivity contribution in [2.24, 2.45) is 0 Å². The predicted molar refractivity (Wildman–Crippen MR) is 123 cm³/mol. The normalized spacial score (nSPS) is 11.7. The molecule has 4 rings (SSSR count). The van der Waals surface area contributed by atoms with Crippen LogP contribution in [0.25, 0.3) is 16.7 Å². The minimum Gasteiger partial charge on any atom is -0.337 e. The summed E-state index contributed by atoms with van der Waals surface area (Å²) in [6, 6.07) is 14.8. The maximum Gasteiger partial charge on any atom is 0.417 e. The number of carbonyl (C=O) groups excluding carboxylic acids is 1. The third-order valence-electron chi connectivity index (χ3n) is 5.70. The summed E-state index contributed by atoms with van der Waals surface area (Å²) >= 11 is 0. The Bertz CT molecular complexity index is 1440. The number of halogens is 4. The average Bonchev–Trinajstić information content (AvgIpc) is 3.16. The Kier molecular flexibility index (Phi) is 6.47. The molecule has 182 valence electrons. The first-order valence-electron chi connectivity index (χ1n) is 10.9. The first-order valence-corrected chi connectivity index (χ1v) is 10.9. The Hall–Kier alpha value is -3.95. The van der Waals surface area contributed by atoms with E-state index in [2.05, 4.69) is 5.10 Å². The zero-order valence-corrected chi connectivity index (χ0v) is 19.0. The standard InChI is InChI=1S/C25H22F4N4O2/c1-3-31(14-17-8-5-4-6-9-17)22(35)15-32-21(34)13-20(25(27,28)29)23-16(2)30-33(24(23)32)19-11-7-10-18(26)12-19/h4-13H,3,14-15H2,1-2H3. The van der Waals surface area contributed by atoms with Crippen LogP contribution in [0.3, 0.4) is 0 Å². The Labute approximate surface area is 198 Å². The van der Waals surface area contributed by atoms with Crippen LogP contribution in [0.1, 0.15) is 23.7 Å². The van der Waals surface area contributed by atoms with Gasteiger partial charge in [0.1, 0.15) is 18.0 Å². The number of alkyl halides is 3. The molecule has 0 fully saturated rings. The number of nitrogens with zero attached hydrogens (tertiary/aromatic N) is 4. The Morgan fingerprint density at radius 3 is 2.40 bits per heavy atom. The second kappa shape index (κ2) is 9.36. The van der Waals surface area contributed by atoms with E-state index in [-0.39, 0.29) is 29.0 Å². The fourth-order valence-corrected chi connectivity index (χ4v) is 4.04. The van der Waals surface area contributed by atoms with Crippen molar-refractivity contribution < 1.29 is 22.4 Å². The van der Waals surface area contributed by atoms with Gasteiger partial charge in [-0.25, -0.2) is 9.07 Å². The van der Waals surface area contributed by atoms with Gasteiger partial charge in [0.25, 0.3) is 5.56 Å². The van der Waals surface area contributed by atoms with Crippen molar-refractivity contribution in [3.8, 4) is 5.69 Å². The molecule has 0 bridgehead atoms. The van der Waals surface area contributed by atoms with Crippen molar-refractivity contribution in [2.75, 3.05) is 6.54 Å². The molecule has 2 heterocycles. The largest absolute Gasteiger partial charge is 0.417 e. The maximum absolute atomic E-state index is 13.9. The highest BCUT2D eigenvalue weighted by molar-refractivity contribution is 5.86. The van der Waals surface area contributed by atoms with Gasteiger partial charge in [-0.05, 0) is 37.6 Å². The van der Waals surface area contributed by atoms with Crippen molar-refractivity contribution in [3.63, 3.8) is 0 Å². The van der Waals surface area contributed by atoms with E-state index in [1.54, 1.807) is 6.92 Å². The molecule has 4 aromatic rings. The zero-order chi connectivity index (χ0) is 25.3. The summed E-state index contributed by atoms with van der Waals surface area (Å²) in [5, 5.41) is 3.86. The van der Waals surface area contributed by atoms with Gasteiger partial charge in [0.2, 0.25) is 5.91 Å². The minimum absolute atomic E-state index is 0.00517. The van der Waals surface area contributed by atoms with Crippen LogP contribution in [0, 0.1) is 12.7 Å². The Balaban J connectivity index is 1.88. The fraction of sp³-hybridized carbons (Fsp3) is 0.240. The second-order valence-corrected chi connectivity index (χ2v) is 8.05. The molecule has 0 N–H and O–H groups in total. The number of fused-ring (bicyclic) bond motifs is 1. The number of hydrogen-bond acceptors (Lipinski definition) is 3. The van der Waals surface area contributed by atoms with Crippen LogP contribution >= 0.6 is 0 Å². The molecule has 0 unspecified atom stereocenters. The summed E-state index contributed by atoms with van der Waals surface area (Å²) in [6.07, 6.45) is -4.83. The van der Waals surface area contributed by atoms with E-state index in [0.717, 1.165) is 20.9 Å². The minimum atomic E-state index is -4.83. The van der Waals surface area contributed by atoms with Gasteiger partial charge in [-0.3, -0.25) is 14.2 Å². The SMILES string of the molecule is CCN(Cc1ccccc1)C(=O)Cn1c(=O)cc(C(F)(F)F)c2c(C)nn(-c3cccc(F)c3)c21. The average molecular weight is 486 g/mol. The van der Waals surface area contributed by atoms with Crippen molar-refractivity contribution >= 4 is 16.9 Å². The van der Waals surface area contributed by atoms with Crippen LogP contribution in [0.2, 0.25) is 0 Å².